The first-order valence-corrected chi connectivity index (χ1v) is 7.19. The van der Waals surface area contributed by atoms with Crippen LogP contribution in [0.2, 0.25) is 0 Å². The van der Waals surface area contributed by atoms with Gasteiger partial charge < -0.3 is 10.1 Å². The van der Waals surface area contributed by atoms with Crippen LogP contribution < -0.4 is 10.1 Å². The fraction of sp³-hybridized carbons (Fsp3) is 0.286. The Kier molecular flexibility index (Phi) is 5.13. The number of urea groups is 1. The maximum absolute atomic E-state index is 11.7. The number of hydroxylamine groups is 2. The van der Waals surface area contributed by atoms with E-state index in [4.69, 9.17) is 9.57 Å². The van der Waals surface area contributed by atoms with Gasteiger partial charge in [0.1, 0.15) is 12.4 Å². The van der Waals surface area contributed by atoms with Gasteiger partial charge in [-0.05, 0) is 19.1 Å². The average Bonchev–Trinajstić information content (AvgIpc) is 2.90. The molecule has 6 nitrogen and oxygen atoms in total. The van der Waals surface area contributed by atoms with Gasteiger partial charge in [0.05, 0.1) is 17.8 Å². The maximum Gasteiger partial charge on any atom is 0.345 e. The summed E-state index contributed by atoms with van der Waals surface area (Å²) in [6.45, 7) is 2.36. The van der Waals surface area contributed by atoms with Crippen LogP contribution in [0.25, 0.3) is 0 Å². The number of hydrogen-bond acceptors (Lipinski definition) is 5. The molecule has 0 radical (unpaired) electrons. The van der Waals surface area contributed by atoms with Crippen LogP contribution in [0.4, 0.5) is 10.5 Å². The summed E-state index contributed by atoms with van der Waals surface area (Å²) in [6.07, 6.45) is 0. The number of aromatic nitrogens is 1. The molecule has 7 heteroatoms. The SMILES string of the molecule is CON(C)C(=O)Nc1cccc(OCc2csc(C)n2)c1. The van der Waals surface area contributed by atoms with Crippen molar-refractivity contribution < 1.29 is 14.4 Å². The number of rotatable bonds is 5. The number of aryl methyl sites for hydroxylation is 1. The van der Waals surface area contributed by atoms with Crippen molar-refractivity contribution in [3.8, 4) is 5.75 Å². The summed E-state index contributed by atoms with van der Waals surface area (Å²) in [4.78, 5) is 20.8. The zero-order valence-corrected chi connectivity index (χ0v) is 12.9. The lowest BCUT2D eigenvalue weighted by Gasteiger charge is -2.15. The van der Waals surface area contributed by atoms with Crippen LogP contribution >= 0.6 is 11.3 Å². The third-order valence-corrected chi connectivity index (χ3v) is 3.52. The molecule has 0 aliphatic rings. The summed E-state index contributed by atoms with van der Waals surface area (Å²) < 4.78 is 5.66. The predicted molar refractivity (Wildman–Crippen MR) is 81.4 cm³/mol. The number of thiazole rings is 1. The van der Waals surface area contributed by atoms with Gasteiger partial charge >= 0.3 is 6.03 Å². The van der Waals surface area contributed by atoms with E-state index in [1.54, 1.807) is 23.5 Å². The highest BCUT2D eigenvalue weighted by atomic mass is 32.1. The first-order valence-electron chi connectivity index (χ1n) is 6.31. The zero-order valence-electron chi connectivity index (χ0n) is 12.1. The highest BCUT2D eigenvalue weighted by Crippen LogP contribution is 2.19. The zero-order chi connectivity index (χ0) is 15.2. The van der Waals surface area contributed by atoms with Crippen LogP contribution in [0.5, 0.6) is 5.75 Å². The fourth-order valence-electron chi connectivity index (χ4n) is 1.58. The number of nitrogens with one attached hydrogen (secondary N) is 1. The Morgan fingerprint density at radius 1 is 1.48 bits per heavy atom. The number of hydrogen-bond donors (Lipinski definition) is 1. The number of carbonyl (C=O) groups excluding carboxylic acids is 1. The van der Waals surface area contributed by atoms with Crippen molar-refractivity contribution in [2.45, 2.75) is 13.5 Å². The Labute approximate surface area is 127 Å². The van der Waals surface area contributed by atoms with Crippen molar-refractivity contribution in [3.05, 3.63) is 40.3 Å². The number of anilines is 1. The molecule has 0 fully saturated rings. The molecule has 0 spiro atoms. The molecule has 0 saturated heterocycles. The third kappa shape index (κ3) is 4.44. The van der Waals surface area contributed by atoms with Crippen molar-refractivity contribution in [2.24, 2.45) is 0 Å². The van der Waals surface area contributed by atoms with Gasteiger partial charge in [-0.25, -0.2) is 14.8 Å². The molecule has 2 amide bonds. The number of carbonyl (C=O) groups is 1. The van der Waals surface area contributed by atoms with E-state index in [1.807, 2.05) is 24.4 Å². The van der Waals surface area contributed by atoms with Crippen LogP contribution in [-0.2, 0) is 11.4 Å². The van der Waals surface area contributed by atoms with E-state index < -0.39 is 0 Å². The van der Waals surface area contributed by atoms with Crippen LogP contribution in [0.15, 0.2) is 29.6 Å². The lowest BCUT2D eigenvalue weighted by molar-refractivity contribution is -0.0598. The fourth-order valence-corrected chi connectivity index (χ4v) is 2.18. The van der Waals surface area contributed by atoms with E-state index in [0.29, 0.717) is 18.0 Å². The highest BCUT2D eigenvalue weighted by Gasteiger charge is 2.08. The lowest BCUT2D eigenvalue weighted by atomic mass is 10.3. The molecular formula is C14H17N3O3S. The molecular weight excluding hydrogens is 290 g/mol. The van der Waals surface area contributed by atoms with Crippen molar-refractivity contribution in [1.29, 1.82) is 0 Å². The number of amides is 2. The summed E-state index contributed by atoms with van der Waals surface area (Å²) >= 11 is 1.59. The van der Waals surface area contributed by atoms with Crippen LogP contribution in [0.3, 0.4) is 0 Å². The second kappa shape index (κ2) is 7.05. The van der Waals surface area contributed by atoms with Crippen LogP contribution in [-0.4, -0.2) is 30.2 Å². The summed E-state index contributed by atoms with van der Waals surface area (Å²) in [5, 5.41) is 6.78. The number of ether oxygens (including phenoxy) is 1. The van der Waals surface area contributed by atoms with Gasteiger partial charge in [-0.15, -0.1) is 11.3 Å². The molecule has 1 aromatic carbocycles. The Morgan fingerprint density at radius 3 is 2.95 bits per heavy atom. The molecule has 1 N–H and O–H groups in total. The van der Waals surface area contributed by atoms with Crippen molar-refractivity contribution in [1.82, 2.24) is 10.0 Å². The van der Waals surface area contributed by atoms with E-state index in [2.05, 4.69) is 10.3 Å². The largest absolute Gasteiger partial charge is 0.487 e. The molecule has 1 aromatic heterocycles. The van der Waals surface area contributed by atoms with Gasteiger partial charge in [0.25, 0.3) is 0 Å². The van der Waals surface area contributed by atoms with E-state index >= 15 is 0 Å². The van der Waals surface area contributed by atoms with Gasteiger partial charge in [0.15, 0.2) is 0 Å². The molecule has 0 bridgehead atoms. The van der Waals surface area contributed by atoms with Gasteiger partial charge in [0.2, 0.25) is 0 Å². The molecule has 0 saturated carbocycles. The molecule has 0 unspecified atom stereocenters. The lowest BCUT2D eigenvalue weighted by Crippen LogP contribution is -2.30. The van der Waals surface area contributed by atoms with E-state index in [9.17, 15) is 4.79 Å². The second-order valence-electron chi connectivity index (χ2n) is 4.28. The monoisotopic (exact) mass is 307 g/mol. The van der Waals surface area contributed by atoms with Crippen molar-refractivity contribution in [3.63, 3.8) is 0 Å². The topological polar surface area (TPSA) is 63.7 Å². The Morgan fingerprint density at radius 2 is 2.29 bits per heavy atom. The third-order valence-electron chi connectivity index (χ3n) is 2.70. The van der Waals surface area contributed by atoms with E-state index in [1.165, 1.54) is 14.2 Å². The smallest absolute Gasteiger partial charge is 0.345 e. The molecule has 0 aliphatic carbocycles. The van der Waals surface area contributed by atoms with E-state index in [-0.39, 0.29) is 6.03 Å². The summed E-state index contributed by atoms with van der Waals surface area (Å²) in [7, 11) is 2.95. The maximum atomic E-state index is 11.7. The van der Waals surface area contributed by atoms with Crippen molar-refractivity contribution in [2.75, 3.05) is 19.5 Å². The molecule has 0 atom stereocenters. The molecule has 2 aromatic rings. The summed E-state index contributed by atoms with van der Waals surface area (Å²) in [5.74, 6) is 0.665. The first-order chi connectivity index (χ1) is 10.1. The predicted octanol–water partition coefficient (Wildman–Crippen LogP) is 3.06. The average molecular weight is 307 g/mol. The van der Waals surface area contributed by atoms with Gasteiger partial charge in [0, 0.05) is 24.2 Å². The van der Waals surface area contributed by atoms with Gasteiger partial charge in [-0.2, -0.15) is 0 Å². The Bertz CT molecular complexity index is 615. The minimum atomic E-state index is -0.357. The Balaban J connectivity index is 1.95. The normalized spacial score (nSPS) is 10.2. The summed E-state index contributed by atoms with van der Waals surface area (Å²) in [5.41, 5.74) is 1.53. The molecule has 1 heterocycles. The van der Waals surface area contributed by atoms with E-state index in [0.717, 1.165) is 15.8 Å². The molecule has 0 aliphatic heterocycles. The number of benzene rings is 1. The number of nitrogens with zero attached hydrogens (tertiary/aromatic N) is 2. The van der Waals surface area contributed by atoms with Crippen LogP contribution in [0.1, 0.15) is 10.7 Å². The summed E-state index contributed by atoms with van der Waals surface area (Å²) in [6, 6.07) is 6.81. The Hall–Kier alpha value is -2.12. The molecule has 2 rings (SSSR count). The van der Waals surface area contributed by atoms with Gasteiger partial charge in [-0.3, -0.25) is 4.84 Å². The molecule has 21 heavy (non-hydrogen) atoms. The van der Waals surface area contributed by atoms with Crippen molar-refractivity contribution >= 4 is 23.1 Å². The van der Waals surface area contributed by atoms with Gasteiger partial charge in [-0.1, -0.05) is 6.07 Å². The quantitative estimate of drug-likeness (QED) is 0.862. The second-order valence-corrected chi connectivity index (χ2v) is 5.35. The molecule has 112 valence electrons. The van der Waals surface area contributed by atoms with Crippen LogP contribution in [0, 0.1) is 6.92 Å². The minimum absolute atomic E-state index is 0.357. The minimum Gasteiger partial charge on any atom is -0.487 e. The standard InChI is InChI=1S/C14H17N3O3S/c1-10-15-12(9-21-10)8-20-13-6-4-5-11(7-13)16-14(18)17(2)19-3/h4-7,9H,8H2,1-3H3,(H,16,18). The first kappa shape index (κ1) is 15.3. The highest BCUT2D eigenvalue weighted by molar-refractivity contribution is 7.09.